The van der Waals surface area contributed by atoms with Gasteiger partial charge in [0.05, 0.1) is 5.69 Å². The minimum absolute atomic E-state index is 0.0706. The molecule has 1 atom stereocenters. The number of aryl methyl sites for hydroxylation is 1. The fraction of sp³-hybridized carbons (Fsp3) is 0.476. The van der Waals surface area contributed by atoms with Crippen LogP contribution in [-0.2, 0) is 13.0 Å². The summed E-state index contributed by atoms with van der Waals surface area (Å²) in [6.45, 7) is 8.71. The average molecular weight is 368 g/mol. The minimum Gasteiger partial charge on any atom is -0.347 e. The van der Waals surface area contributed by atoms with Crippen LogP contribution >= 0.6 is 0 Å². The Labute approximate surface area is 160 Å². The largest absolute Gasteiger partial charge is 0.347 e. The molecule has 3 rings (SSSR count). The fourth-order valence-electron chi connectivity index (χ4n) is 3.36. The number of carbonyl (C=O) groups is 2. The molecular weight excluding hydrogens is 340 g/mol. The van der Waals surface area contributed by atoms with Gasteiger partial charge in [0.25, 0.3) is 11.8 Å². The van der Waals surface area contributed by atoms with E-state index >= 15 is 0 Å². The van der Waals surface area contributed by atoms with Crippen LogP contribution in [0.5, 0.6) is 0 Å². The maximum atomic E-state index is 12.9. The van der Waals surface area contributed by atoms with Gasteiger partial charge in [0.15, 0.2) is 11.5 Å². The van der Waals surface area contributed by atoms with Crippen molar-refractivity contribution in [3.8, 4) is 0 Å². The molecule has 27 heavy (non-hydrogen) atoms. The highest BCUT2D eigenvalue weighted by molar-refractivity contribution is 6.05. The van der Waals surface area contributed by atoms with Crippen LogP contribution in [0.3, 0.4) is 0 Å². The Morgan fingerprint density at radius 3 is 2.74 bits per heavy atom. The summed E-state index contributed by atoms with van der Waals surface area (Å²) in [6.07, 6.45) is 3.60. The summed E-state index contributed by atoms with van der Waals surface area (Å²) < 4.78 is 1.92. The zero-order chi connectivity index (χ0) is 19.6. The third-order valence-corrected chi connectivity index (χ3v) is 5.38. The van der Waals surface area contributed by atoms with Crippen molar-refractivity contribution >= 4 is 17.5 Å². The number of benzene rings is 1. The SMILES string of the molecule is CCC(C)NC(=O)c1nc(C(=O)Nc2cccc(C)c2C)c2n1CCCC2. The molecule has 1 aromatic carbocycles. The van der Waals surface area contributed by atoms with Gasteiger partial charge in [-0.3, -0.25) is 9.59 Å². The molecule has 2 heterocycles. The Morgan fingerprint density at radius 1 is 1.22 bits per heavy atom. The number of nitrogens with zero attached hydrogens (tertiary/aromatic N) is 2. The van der Waals surface area contributed by atoms with Crippen LogP contribution in [0, 0.1) is 13.8 Å². The lowest BCUT2D eigenvalue weighted by atomic mass is 10.1. The fourth-order valence-corrected chi connectivity index (χ4v) is 3.36. The molecule has 0 saturated carbocycles. The standard InChI is InChI=1S/C21H28N4O2/c1-5-14(3)22-21(27)19-24-18(17-11-6-7-12-25(17)19)20(26)23-16-10-8-9-13(2)15(16)4/h8-10,14H,5-7,11-12H2,1-4H3,(H,22,27)(H,23,26). The van der Waals surface area contributed by atoms with Gasteiger partial charge >= 0.3 is 0 Å². The van der Waals surface area contributed by atoms with E-state index in [0.29, 0.717) is 11.5 Å². The molecule has 1 aliphatic heterocycles. The van der Waals surface area contributed by atoms with E-state index in [0.717, 1.165) is 54.7 Å². The molecule has 0 aliphatic carbocycles. The van der Waals surface area contributed by atoms with Crippen molar-refractivity contribution in [2.24, 2.45) is 0 Å². The molecule has 6 heteroatoms. The quantitative estimate of drug-likeness (QED) is 0.846. The summed E-state index contributed by atoms with van der Waals surface area (Å²) in [5.74, 6) is -0.119. The van der Waals surface area contributed by atoms with Gasteiger partial charge in [-0.05, 0) is 63.6 Å². The lowest BCUT2D eigenvalue weighted by Gasteiger charge is -2.18. The topological polar surface area (TPSA) is 76.0 Å². The molecule has 0 fully saturated rings. The number of anilines is 1. The molecule has 0 saturated heterocycles. The van der Waals surface area contributed by atoms with Crippen LogP contribution < -0.4 is 10.6 Å². The van der Waals surface area contributed by atoms with Gasteiger partial charge in [-0.1, -0.05) is 19.1 Å². The first-order chi connectivity index (χ1) is 12.9. The van der Waals surface area contributed by atoms with Crippen molar-refractivity contribution in [2.75, 3.05) is 5.32 Å². The average Bonchev–Trinajstić information content (AvgIpc) is 3.05. The van der Waals surface area contributed by atoms with E-state index in [1.807, 2.05) is 50.5 Å². The Bertz CT molecular complexity index is 869. The molecule has 0 radical (unpaired) electrons. The van der Waals surface area contributed by atoms with Crippen LogP contribution in [-0.4, -0.2) is 27.4 Å². The predicted octanol–water partition coefficient (Wildman–Crippen LogP) is 3.62. The summed E-state index contributed by atoms with van der Waals surface area (Å²) in [4.78, 5) is 30.1. The second-order valence-electron chi connectivity index (χ2n) is 7.32. The molecule has 1 unspecified atom stereocenters. The van der Waals surface area contributed by atoms with Crippen molar-refractivity contribution < 1.29 is 9.59 Å². The highest BCUT2D eigenvalue weighted by atomic mass is 16.2. The van der Waals surface area contributed by atoms with Gasteiger partial charge in [-0.2, -0.15) is 0 Å². The number of amides is 2. The monoisotopic (exact) mass is 368 g/mol. The number of carbonyl (C=O) groups excluding carboxylic acids is 2. The first-order valence-electron chi connectivity index (χ1n) is 9.70. The Morgan fingerprint density at radius 2 is 2.00 bits per heavy atom. The highest BCUT2D eigenvalue weighted by Crippen LogP contribution is 2.24. The van der Waals surface area contributed by atoms with Crippen LogP contribution in [0.2, 0.25) is 0 Å². The van der Waals surface area contributed by atoms with Crippen molar-refractivity contribution in [1.82, 2.24) is 14.9 Å². The summed E-state index contributed by atoms with van der Waals surface area (Å²) in [5, 5.41) is 5.94. The van der Waals surface area contributed by atoms with Gasteiger partial charge in [-0.25, -0.2) is 4.98 Å². The Balaban J connectivity index is 1.92. The van der Waals surface area contributed by atoms with E-state index in [-0.39, 0.29) is 17.9 Å². The van der Waals surface area contributed by atoms with E-state index in [9.17, 15) is 9.59 Å². The number of hydrogen-bond acceptors (Lipinski definition) is 3. The molecule has 6 nitrogen and oxygen atoms in total. The molecule has 1 aliphatic rings. The molecular formula is C21H28N4O2. The highest BCUT2D eigenvalue weighted by Gasteiger charge is 2.28. The molecule has 0 spiro atoms. The van der Waals surface area contributed by atoms with Crippen LogP contribution in [0.25, 0.3) is 0 Å². The lowest BCUT2D eigenvalue weighted by molar-refractivity contribution is 0.0923. The maximum Gasteiger partial charge on any atom is 0.287 e. The first kappa shape index (κ1) is 19.1. The minimum atomic E-state index is -0.253. The van der Waals surface area contributed by atoms with Crippen molar-refractivity contribution in [2.45, 2.75) is 66.0 Å². The lowest BCUT2D eigenvalue weighted by Crippen LogP contribution is -2.34. The zero-order valence-corrected chi connectivity index (χ0v) is 16.6. The van der Waals surface area contributed by atoms with Gasteiger partial charge in [0, 0.05) is 18.3 Å². The number of fused-ring (bicyclic) bond motifs is 1. The van der Waals surface area contributed by atoms with Gasteiger partial charge in [0.2, 0.25) is 0 Å². The third-order valence-electron chi connectivity index (χ3n) is 5.38. The second kappa shape index (κ2) is 7.94. The number of aromatic nitrogens is 2. The maximum absolute atomic E-state index is 12.9. The Hall–Kier alpha value is -2.63. The number of nitrogens with one attached hydrogen (secondary N) is 2. The summed E-state index contributed by atoms with van der Waals surface area (Å²) in [6, 6.07) is 5.90. The van der Waals surface area contributed by atoms with Crippen LogP contribution in [0.15, 0.2) is 18.2 Å². The van der Waals surface area contributed by atoms with E-state index in [1.54, 1.807) is 0 Å². The molecule has 2 amide bonds. The van der Waals surface area contributed by atoms with Gasteiger partial charge < -0.3 is 15.2 Å². The molecule has 2 aromatic rings. The smallest absolute Gasteiger partial charge is 0.287 e. The van der Waals surface area contributed by atoms with Crippen LogP contribution in [0.4, 0.5) is 5.69 Å². The molecule has 2 N–H and O–H groups in total. The molecule has 1 aromatic heterocycles. The first-order valence-corrected chi connectivity index (χ1v) is 9.70. The summed E-state index contributed by atoms with van der Waals surface area (Å²) >= 11 is 0. The third kappa shape index (κ3) is 3.89. The Kier molecular flexibility index (Phi) is 5.63. The normalized spacial score (nSPS) is 14.4. The van der Waals surface area contributed by atoms with Gasteiger partial charge in [-0.15, -0.1) is 0 Å². The summed E-state index contributed by atoms with van der Waals surface area (Å²) in [7, 11) is 0. The van der Waals surface area contributed by atoms with E-state index in [2.05, 4.69) is 15.6 Å². The number of imidazole rings is 1. The second-order valence-corrected chi connectivity index (χ2v) is 7.32. The van der Waals surface area contributed by atoms with E-state index in [4.69, 9.17) is 0 Å². The van der Waals surface area contributed by atoms with Gasteiger partial charge in [0.1, 0.15) is 0 Å². The van der Waals surface area contributed by atoms with Crippen molar-refractivity contribution in [3.63, 3.8) is 0 Å². The van der Waals surface area contributed by atoms with E-state index < -0.39 is 0 Å². The van der Waals surface area contributed by atoms with Crippen molar-refractivity contribution in [3.05, 3.63) is 46.5 Å². The summed E-state index contributed by atoms with van der Waals surface area (Å²) in [5.41, 5.74) is 4.16. The predicted molar refractivity (Wildman–Crippen MR) is 106 cm³/mol. The molecule has 0 bridgehead atoms. The number of hydrogen-bond donors (Lipinski definition) is 2. The van der Waals surface area contributed by atoms with Crippen molar-refractivity contribution in [1.29, 1.82) is 0 Å². The molecule has 144 valence electrons. The number of rotatable bonds is 5. The zero-order valence-electron chi connectivity index (χ0n) is 16.6. The van der Waals surface area contributed by atoms with E-state index in [1.165, 1.54) is 0 Å². The van der Waals surface area contributed by atoms with Crippen LogP contribution in [0.1, 0.15) is 71.0 Å².